The number of methoxy groups -OCH3 is 1. The summed E-state index contributed by atoms with van der Waals surface area (Å²) in [6.45, 7) is 2.27. The Labute approximate surface area is 112 Å². The van der Waals surface area contributed by atoms with Crippen molar-refractivity contribution in [1.82, 2.24) is 0 Å². The van der Waals surface area contributed by atoms with Gasteiger partial charge in [0.2, 0.25) is 0 Å². The van der Waals surface area contributed by atoms with Crippen LogP contribution in [0.2, 0.25) is 0 Å². The Morgan fingerprint density at radius 1 is 1.39 bits per heavy atom. The van der Waals surface area contributed by atoms with Gasteiger partial charge in [-0.25, -0.2) is 4.39 Å². The van der Waals surface area contributed by atoms with E-state index >= 15 is 0 Å². The molecule has 0 saturated heterocycles. The van der Waals surface area contributed by atoms with E-state index in [0.717, 1.165) is 12.3 Å². The van der Waals surface area contributed by atoms with Gasteiger partial charge < -0.3 is 10.5 Å². The summed E-state index contributed by atoms with van der Waals surface area (Å²) in [5.74, 6) is 1.06. The van der Waals surface area contributed by atoms with Crippen LogP contribution in [0.3, 0.4) is 0 Å². The molecule has 0 aliphatic heterocycles. The molecule has 0 spiro atoms. The van der Waals surface area contributed by atoms with Gasteiger partial charge in [-0.05, 0) is 24.8 Å². The lowest BCUT2D eigenvalue weighted by Gasteiger charge is -2.26. The highest BCUT2D eigenvalue weighted by Gasteiger charge is 2.21. The molecule has 1 saturated carbocycles. The summed E-state index contributed by atoms with van der Waals surface area (Å²) < 4.78 is 19.0. The van der Waals surface area contributed by atoms with Crippen molar-refractivity contribution in [2.45, 2.75) is 42.8 Å². The number of ether oxygens (including phenoxy) is 1. The Kier molecular flexibility index (Phi) is 4.38. The first-order chi connectivity index (χ1) is 8.60. The van der Waals surface area contributed by atoms with Crippen LogP contribution in [0.25, 0.3) is 0 Å². The number of nitrogen functional groups attached to an aromatic ring is 1. The third-order valence-electron chi connectivity index (χ3n) is 3.47. The normalized spacial score (nSPS) is 23.9. The van der Waals surface area contributed by atoms with Crippen molar-refractivity contribution < 1.29 is 9.13 Å². The summed E-state index contributed by atoms with van der Waals surface area (Å²) in [4.78, 5) is 0.653. The van der Waals surface area contributed by atoms with Gasteiger partial charge in [-0.2, -0.15) is 0 Å². The van der Waals surface area contributed by atoms with Crippen molar-refractivity contribution >= 4 is 17.4 Å². The van der Waals surface area contributed by atoms with Gasteiger partial charge in [-0.1, -0.05) is 19.8 Å². The van der Waals surface area contributed by atoms with Crippen LogP contribution in [0, 0.1) is 11.7 Å². The van der Waals surface area contributed by atoms with Crippen LogP contribution in [0.5, 0.6) is 5.75 Å². The zero-order chi connectivity index (χ0) is 13.1. The summed E-state index contributed by atoms with van der Waals surface area (Å²) in [5.41, 5.74) is 6.04. The molecule has 1 aromatic rings. The number of nitrogens with two attached hydrogens (primary N) is 1. The number of benzene rings is 1. The molecule has 2 unspecified atom stereocenters. The molecule has 100 valence electrons. The second kappa shape index (κ2) is 5.83. The maximum atomic E-state index is 13.9. The summed E-state index contributed by atoms with van der Waals surface area (Å²) >= 11 is 1.62. The summed E-state index contributed by atoms with van der Waals surface area (Å²) in [6, 6.07) is 3.07. The van der Waals surface area contributed by atoms with Gasteiger partial charge in [0.15, 0.2) is 0 Å². The van der Waals surface area contributed by atoms with Gasteiger partial charge in [0.25, 0.3) is 0 Å². The lowest BCUT2D eigenvalue weighted by Crippen LogP contribution is -2.15. The van der Waals surface area contributed by atoms with Crippen LogP contribution >= 0.6 is 11.8 Å². The van der Waals surface area contributed by atoms with E-state index < -0.39 is 0 Å². The zero-order valence-corrected chi connectivity index (χ0v) is 11.7. The maximum Gasteiger partial charge on any atom is 0.143 e. The molecule has 1 fully saturated rings. The Morgan fingerprint density at radius 3 is 2.83 bits per heavy atom. The molecule has 0 radical (unpaired) electrons. The first-order valence-corrected chi connectivity index (χ1v) is 7.27. The van der Waals surface area contributed by atoms with Crippen molar-refractivity contribution in [3.8, 4) is 5.75 Å². The fourth-order valence-corrected chi connectivity index (χ4v) is 3.90. The molecule has 1 aliphatic carbocycles. The minimum Gasteiger partial charge on any atom is -0.495 e. The van der Waals surface area contributed by atoms with E-state index in [-0.39, 0.29) is 5.82 Å². The quantitative estimate of drug-likeness (QED) is 0.839. The molecule has 2 atom stereocenters. The minimum atomic E-state index is -0.239. The number of thioether (sulfide) groups is 1. The molecule has 2 N–H and O–H groups in total. The molecule has 0 amide bonds. The molecule has 0 heterocycles. The molecule has 0 aromatic heterocycles. The SMILES string of the molecule is COc1cc(SC2CCCC(C)C2)c(F)cc1N. The molecule has 4 heteroatoms. The Bertz CT molecular complexity index is 425. The zero-order valence-electron chi connectivity index (χ0n) is 10.9. The van der Waals surface area contributed by atoms with E-state index in [9.17, 15) is 4.39 Å². The van der Waals surface area contributed by atoms with E-state index in [2.05, 4.69) is 6.92 Å². The molecule has 1 aromatic carbocycles. The van der Waals surface area contributed by atoms with Crippen LogP contribution < -0.4 is 10.5 Å². The summed E-state index contributed by atoms with van der Waals surface area (Å²) in [5, 5.41) is 0.511. The van der Waals surface area contributed by atoms with Crippen molar-refractivity contribution in [2.75, 3.05) is 12.8 Å². The van der Waals surface area contributed by atoms with Gasteiger partial charge in [-0.3, -0.25) is 0 Å². The third kappa shape index (κ3) is 3.10. The fraction of sp³-hybridized carbons (Fsp3) is 0.571. The Hall–Kier alpha value is -0.900. The van der Waals surface area contributed by atoms with Gasteiger partial charge in [0.1, 0.15) is 11.6 Å². The third-order valence-corrected chi connectivity index (χ3v) is 4.79. The molecular weight excluding hydrogens is 249 g/mol. The van der Waals surface area contributed by atoms with Gasteiger partial charge in [-0.15, -0.1) is 11.8 Å². The first-order valence-electron chi connectivity index (χ1n) is 6.39. The van der Waals surface area contributed by atoms with Crippen molar-refractivity contribution in [3.05, 3.63) is 17.9 Å². The lowest BCUT2D eigenvalue weighted by molar-refractivity contribution is 0.393. The van der Waals surface area contributed by atoms with E-state index in [0.29, 0.717) is 21.6 Å². The number of hydrogen-bond acceptors (Lipinski definition) is 3. The monoisotopic (exact) mass is 269 g/mol. The second-order valence-electron chi connectivity index (χ2n) is 5.04. The van der Waals surface area contributed by atoms with Crippen molar-refractivity contribution in [1.29, 1.82) is 0 Å². The highest BCUT2D eigenvalue weighted by Crippen LogP contribution is 2.39. The topological polar surface area (TPSA) is 35.2 Å². The van der Waals surface area contributed by atoms with Gasteiger partial charge >= 0.3 is 0 Å². The minimum absolute atomic E-state index is 0.239. The van der Waals surface area contributed by atoms with Crippen LogP contribution in [0.15, 0.2) is 17.0 Å². The standard InChI is InChI=1S/C14H20FNOS/c1-9-4-3-5-10(6-9)18-14-8-13(17-2)12(16)7-11(14)15/h7-10H,3-6,16H2,1-2H3. The van der Waals surface area contributed by atoms with Crippen LogP contribution in [-0.2, 0) is 0 Å². The highest BCUT2D eigenvalue weighted by molar-refractivity contribution is 8.00. The number of hydrogen-bond donors (Lipinski definition) is 1. The number of halogens is 1. The van der Waals surface area contributed by atoms with Crippen LogP contribution in [0.1, 0.15) is 32.6 Å². The number of anilines is 1. The lowest BCUT2D eigenvalue weighted by atomic mass is 9.91. The van der Waals surface area contributed by atoms with E-state index in [1.807, 2.05) is 0 Å². The molecule has 18 heavy (non-hydrogen) atoms. The molecule has 1 aliphatic rings. The Morgan fingerprint density at radius 2 is 2.17 bits per heavy atom. The van der Waals surface area contributed by atoms with E-state index in [4.69, 9.17) is 10.5 Å². The predicted molar refractivity (Wildman–Crippen MR) is 74.6 cm³/mol. The average molecular weight is 269 g/mol. The fourth-order valence-electron chi connectivity index (χ4n) is 2.48. The molecule has 0 bridgehead atoms. The van der Waals surface area contributed by atoms with Crippen LogP contribution in [-0.4, -0.2) is 12.4 Å². The first kappa shape index (κ1) is 13.5. The smallest absolute Gasteiger partial charge is 0.143 e. The van der Waals surface area contributed by atoms with E-state index in [1.165, 1.54) is 25.3 Å². The summed E-state index contributed by atoms with van der Waals surface area (Å²) in [6.07, 6.45) is 4.87. The predicted octanol–water partition coefficient (Wildman–Crippen LogP) is 4.09. The van der Waals surface area contributed by atoms with Crippen LogP contribution in [0.4, 0.5) is 10.1 Å². The van der Waals surface area contributed by atoms with Crippen molar-refractivity contribution in [2.24, 2.45) is 5.92 Å². The molecule has 2 nitrogen and oxygen atoms in total. The van der Waals surface area contributed by atoms with Crippen molar-refractivity contribution in [3.63, 3.8) is 0 Å². The summed E-state index contributed by atoms with van der Waals surface area (Å²) in [7, 11) is 1.56. The maximum absolute atomic E-state index is 13.9. The van der Waals surface area contributed by atoms with Gasteiger partial charge in [0, 0.05) is 16.2 Å². The number of rotatable bonds is 3. The molecule has 2 rings (SSSR count). The molecular formula is C14H20FNOS. The second-order valence-corrected chi connectivity index (χ2v) is 6.38. The Balaban J connectivity index is 2.13. The largest absolute Gasteiger partial charge is 0.495 e. The average Bonchev–Trinajstić information content (AvgIpc) is 2.33. The van der Waals surface area contributed by atoms with E-state index in [1.54, 1.807) is 24.9 Å². The van der Waals surface area contributed by atoms with Gasteiger partial charge in [0.05, 0.1) is 12.8 Å². The highest BCUT2D eigenvalue weighted by atomic mass is 32.2.